The highest BCUT2D eigenvalue weighted by Crippen LogP contribution is 2.28. The summed E-state index contributed by atoms with van der Waals surface area (Å²) < 4.78 is 7.09. The Morgan fingerprint density at radius 3 is 2.55 bits per heavy atom. The zero-order valence-corrected chi connectivity index (χ0v) is 13.3. The Balaban J connectivity index is 1.62. The second-order valence-electron chi connectivity index (χ2n) is 5.51. The molecule has 0 bridgehead atoms. The van der Waals surface area contributed by atoms with Gasteiger partial charge in [-0.05, 0) is 43.5 Å². The molecule has 2 aromatic heterocycles. The Bertz CT molecular complexity index is 740. The maximum atomic E-state index is 5.19. The average Bonchev–Trinajstić information content (AvgIpc) is 3.15. The molecule has 1 fully saturated rings. The molecule has 0 N–H and O–H groups in total. The van der Waals surface area contributed by atoms with E-state index >= 15 is 0 Å². The normalized spacial score (nSPS) is 15.4. The molecule has 0 amide bonds. The van der Waals surface area contributed by atoms with E-state index in [1.54, 1.807) is 18.4 Å². The lowest BCUT2D eigenvalue weighted by atomic mass is 10.1. The first-order valence-electron chi connectivity index (χ1n) is 7.59. The first-order chi connectivity index (χ1) is 10.8. The van der Waals surface area contributed by atoms with Gasteiger partial charge in [0.2, 0.25) is 10.1 Å². The van der Waals surface area contributed by atoms with Crippen LogP contribution in [-0.2, 0) is 0 Å². The number of aromatic nitrogens is 3. The van der Waals surface area contributed by atoms with Gasteiger partial charge in [0.15, 0.2) is 0 Å². The molecular formula is C16H18N4OS. The van der Waals surface area contributed by atoms with Crippen molar-refractivity contribution in [2.75, 3.05) is 25.1 Å². The fourth-order valence-electron chi connectivity index (χ4n) is 2.80. The van der Waals surface area contributed by atoms with Gasteiger partial charge in [-0.2, -0.15) is 0 Å². The number of nitrogens with zero attached hydrogens (tertiary/aromatic N) is 4. The Morgan fingerprint density at radius 1 is 1.09 bits per heavy atom. The quantitative estimate of drug-likeness (QED) is 0.742. The van der Waals surface area contributed by atoms with Gasteiger partial charge in [-0.15, -0.1) is 5.10 Å². The largest absolute Gasteiger partial charge is 0.497 e. The van der Waals surface area contributed by atoms with E-state index in [4.69, 9.17) is 14.8 Å². The predicted octanol–water partition coefficient (Wildman–Crippen LogP) is 3.46. The van der Waals surface area contributed by atoms with Gasteiger partial charge in [0.25, 0.3) is 0 Å². The van der Waals surface area contributed by atoms with Crippen LogP contribution in [0.3, 0.4) is 0 Å². The van der Waals surface area contributed by atoms with Crippen LogP contribution < -0.4 is 9.64 Å². The molecule has 1 aliphatic heterocycles. The highest BCUT2D eigenvalue weighted by atomic mass is 32.1. The molecular weight excluding hydrogens is 296 g/mol. The van der Waals surface area contributed by atoms with Gasteiger partial charge in [0.1, 0.15) is 5.75 Å². The monoisotopic (exact) mass is 314 g/mol. The van der Waals surface area contributed by atoms with Gasteiger partial charge in [0, 0.05) is 18.7 Å². The number of anilines is 1. The molecule has 1 aliphatic rings. The van der Waals surface area contributed by atoms with Crippen molar-refractivity contribution in [3.8, 4) is 17.0 Å². The third-order valence-electron chi connectivity index (χ3n) is 4.04. The summed E-state index contributed by atoms with van der Waals surface area (Å²) in [4.78, 5) is 8.03. The average molecular weight is 314 g/mol. The van der Waals surface area contributed by atoms with Crippen LogP contribution in [0, 0.1) is 0 Å². The first-order valence-corrected chi connectivity index (χ1v) is 8.41. The molecule has 6 heteroatoms. The van der Waals surface area contributed by atoms with Crippen LogP contribution >= 0.6 is 11.3 Å². The van der Waals surface area contributed by atoms with E-state index in [-0.39, 0.29) is 0 Å². The molecule has 0 unspecified atom stereocenters. The molecule has 3 heterocycles. The van der Waals surface area contributed by atoms with E-state index in [9.17, 15) is 0 Å². The number of benzene rings is 1. The predicted molar refractivity (Wildman–Crippen MR) is 88.9 cm³/mol. The van der Waals surface area contributed by atoms with Gasteiger partial charge >= 0.3 is 0 Å². The van der Waals surface area contributed by atoms with Crippen LogP contribution in [0.1, 0.15) is 19.3 Å². The molecule has 114 valence electrons. The number of fused-ring (bicyclic) bond motifs is 1. The summed E-state index contributed by atoms with van der Waals surface area (Å²) in [6.45, 7) is 2.23. The molecule has 0 atom stereocenters. The maximum Gasteiger partial charge on any atom is 0.214 e. The van der Waals surface area contributed by atoms with E-state index in [1.165, 1.54) is 19.3 Å². The summed E-state index contributed by atoms with van der Waals surface area (Å²) in [6, 6.07) is 7.96. The Morgan fingerprint density at radius 2 is 1.86 bits per heavy atom. The number of imidazole rings is 1. The van der Waals surface area contributed by atoms with Crippen molar-refractivity contribution >= 4 is 21.4 Å². The van der Waals surface area contributed by atoms with Gasteiger partial charge in [-0.1, -0.05) is 11.3 Å². The van der Waals surface area contributed by atoms with E-state index in [2.05, 4.69) is 4.90 Å². The van der Waals surface area contributed by atoms with Crippen molar-refractivity contribution in [3.05, 3.63) is 30.5 Å². The minimum absolute atomic E-state index is 0.857. The third kappa shape index (κ3) is 2.43. The van der Waals surface area contributed by atoms with Gasteiger partial charge in [0.05, 0.1) is 19.0 Å². The van der Waals surface area contributed by atoms with Crippen molar-refractivity contribution < 1.29 is 4.74 Å². The zero-order valence-electron chi connectivity index (χ0n) is 12.5. The van der Waals surface area contributed by atoms with Crippen LogP contribution in [-0.4, -0.2) is 34.8 Å². The summed E-state index contributed by atoms with van der Waals surface area (Å²) in [7, 11) is 1.67. The number of hydrogen-bond acceptors (Lipinski definition) is 5. The summed E-state index contributed by atoms with van der Waals surface area (Å²) in [5.41, 5.74) is 2.03. The highest BCUT2D eigenvalue weighted by molar-refractivity contribution is 7.20. The van der Waals surface area contributed by atoms with Crippen LogP contribution in [0.2, 0.25) is 0 Å². The molecule has 0 saturated carbocycles. The number of piperidine rings is 1. The summed E-state index contributed by atoms with van der Waals surface area (Å²) in [6.07, 6.45) is 5.86. The van der Waals surface area contributed by atoms with Crippen molar-refractivity contribution in [3.63, 3.8) is 0 Å². The van der Waals surface area contributed by atoms with Crippen LogP contribution in [0.25, 0.3) is 16.2 Å². The zero-order chi connectivity index (χ0) is 14.9. The second-order valence-corrected chi connectivity index (χ2v) is 6.45. The molecule has 4 rings (SSSR count). The number of methoxy groups -OCH3 is 1. The van der Waals surface area contributed by atoms with E-state index < -0.39 is 0 Å². The molecule has 22 heavy (non-hydrogen) atoms. The Labute approximate surface area is 133 Å². The van der Waals surface area contributed by atoms with Gasteiger partial charge in [-0.3, -0.25) is 0 Å². The maximum absolute atomic E-state index is 5.19. The number of hydrogen-bond donors (Lipinski definition) is 0. The van der Waals surface area contributed by atoms with E-state index in [1.807, 2.05) is 35.0 Å². The van der Waals surface area contributed by atoms with Crippen LogP contribution in [0.5, 0.6) is 5.75 Å². The van der Waals surface area contributed by atoms with E-state index in [0.717, 1.165) is 40.2 Å². The first kappa shape index (κ1) is 13.6. The molecule has 0 aliphatic carbocycles. The minimum atomic E-state index is 0.857. The minimum Gasteiger partial charge on any atom is -0.497 e. The molecule has 0 spiro atoms. The van der Waals surface area contributed by atoms with E-state index in [0.29, 0.717) is 0 Å². The highest BCUT2D eigenvalue weighted by Gasteiger charge is 2.17. The lowest BCUT2D eigenvalue weighted by Crippen LogP contribution is -2.29. The van der Waals surface area contributed by atoms with Crippen LogP contribution in [0.15, 0.2) is 30.5 Å². The lowest BCUT2D eigenvalue weighted by molar-refractivity contribution is 0.415. The molecule has 1 saturated heterocycles. The summed E-state index contributed by atoms with van der Waals surface area (Å²) >= 11 is 1.67. The fourth-order valence-corrected chi connectivity index (χ4v) is 3.74. The lowest BCUT2D eigenvalue weighted by Gasteiger charge is -2.25. The van der Waals surface area contributed by atoms with Gasteiger partial charge < -0.3 is 9.64 Å². The molecule has 5 nitrogen and oxygen atoms in total. The molecule has 1 aromatic carbocycles. The number of rotatable bonds is 3. The number of ether oxygens (including phenoxy) is 1. The standard InChI is InChI=1S/C16H18N4OS/c1-21-13-7-5-12(6-8-13)14-11-20-15(17-14)22-16(18-20)19-9-3-2-4-10-19/h5-8,11H,2-4,9-10H2,1H3. The van der Waals surface area contributed by atoms with Gasteiger partial charge in [-0.25, -0.2) is 9.50 Å². The molecule has 0 radical (unpaired) electrons. The SMILES string of the molecule is COc1ccc(-c2cn3nc(N4CCCCC4)sc3n2)cc1. The Kier molecular flexibility index (Phi) is 3.46. The fraction of sp³-hybridized carbons (Fsp3) is 0.375. The van der Waals surface area contributed by atoms with Crippen molar-refractivity contribution in [1.29, 1.82) is 0 Å². The van der Waals surface area contributed by atoms with Crippen molar-refractivity contribution in [2.45, 2.75) is 19.3 Å². The van der Waals surface area contributed by atoms with Crippen molar-refractivity contribution in [1.82, 2.24) is 14.6 Å². The summed E-state index contributed by atoms with van der Waals surface area (Å²) in [5, 5.41) is 5.78. The second kappa shape index (κ2) is 5.61. The Hall–Kier alpha value is -2.08. The van der Waals surface area contributed by atoms with Crippen LogP contribution in [0.4, 0.5) is 5.13 Å². The smallest absolute Gasteiger partial charge is 0.214 e. The third-order valence-corrected chi connectivity index (χ3v) is 5.03. The molecule has 3 aromatic rings. The summed E-state index contributed by atoms with van der Waals surface area (Å²) in [5.74, 6) is 0.857. The topological polar surface area (TPSA) is 42.7 Å². The van der Waals surface area contributed by atoms with Crippen molar-refractivity contribution in [2.24, 2.45) is 0 Å².